The molecule has 53 heavy (non-hydrogen) atoms. The summed E-state index contributed by atoms with van der Waals surface area (Å²) in [7, 11) is 0. The summed E-state index contributed by atoms with van der Waals surface area (Å²) in [6.45, 7) is 17.7. The maximum absolute atomic E-state index is 12.6. The number of allylic oxidation sites excluding steroid dienone is 2. The molecule has 0 saturated carbocycles. The first-order valence-electron chi connectivity index (χ1n) is 22.0. The van der Waals surface area contributed by atoms with Crippen molar-refractivity contribution in [2.45, 2.75) is 170 Å². The van der Waals surface area contributed by atoms with Gasteiger partial charge >= 0.3 is 0 Å². The number of carbonyl (C=O) groups excluding carboxylic acids is 1. The molecule has 1 aliphatic carbocycles. The molecule has 0 amide bonds. The Morgan fingerprint density at radius 3 is 1.98 bits per heavy atom. The molecule has 1 aromatic carbocycles. The first kappa shape index (κ1) is 44.3. The van der Waals surface area contributed by atoms with E-state index in [2.05, 4.69) is 99.6 Å². The average Bonchev–Trinajstić information content (AvgIpc) is 3.15. The number of hydrogen-bond acceptors (Lipinski definition) is 4. The normalized spacial score (nSPS) is 12.4. The molecule has 0 radical (unpaired) electrons. The van der Waals surface area contributed by atoms with Gasteiger partial charge < -0.3 is 19.2 Å². The van der Waals surface area contributed by atoms with Gasteiger partial charge in [-0.1, -0.05) is 131 Å². The predicted octanol–water partition coefficient (Wildman–Crippen LogP) is 11.7. The number of fused-ring (bicyclic) bond motifs is 2. The fourth-order valence-corrected chi connectivity index (χ4v) is 7.47. The van der Waals surface area contributed by atoms with Gasteiger partial charge in [0.05, 0.1) is 6.07 Å². The average molecular weight is 729 g/mol. The van der Waals surface area contributed by atoms with E-state index in [9.17, 15) is 9.90 Å². The third-order valence-electron chi connectivity index (χ3n) is 10.9. The van der Waals surface area contributed by atoms with Gasteiger partial charge in [0.1, 0.15) is 24.4 Å². The highest BCUT2D eigenvalue weighted by atomic mass is 16.4. The molecule has 1 atom stereocenters. The van der Waals surface area contributed by atoms with E-state index in [1.54, 1.807) is 0 Å². The van der Waals surface area contributed by atoms with Crippen LogP contribution in [0.4, 0.5) is 5.69 Å². The third-order valence-corrected chi connectivity index (χ3v) is 10.9. The van der Waals surface area contributed by atoms with Crippen molar-refractivity contribution in [1.82, 2.24) is 4.58 Å². The van der Waals surface area contributed by atoms with Gasteiger partial charge in [-0.15, -0.1) is 0 Å². The smallest absolute Gasteiger partial charge is 0.203 e. The lowest BCUT2D eigenvalue weighted by Crippen LogP contribution is -2.33. The standard InChI is InChI=1S/C48H76N2O3/c1-7-11-32-49(33-12-8-2)41-28-30-43-45(36-40(48(51)52)27-25-23-21-19-17-15-16-18-20-22-24-26-39(5)6)44-31-29-42(38-47(44)53-46(43)37-41)50(34-13-9-3)35-14-10-4/h23,25,28-31,37-40H,7-22,24,26-27,32-36H2,1-6H3/b25-23+. The van der Waals surface area contributed by atoms with Crippen LogP contribution in [0.15, 0.2) is 53.0 Å². The van der Waals surface area contributed by atoms with Crippen molar-refractivity contribution in [3.63, 3.8) is 0 Å². The zero-order chi connectivity index (χ0) is 38.3. The second-order valence-corrected chi connectivity index (χ2v) is 16.1. The molecule has 296 valence electrons. The molecule has 0 saturated heterocycles. The topological polar surface area (TPSA) is 59.5 Å². The van der Waals surface area contributed by atoms with Crippen LogP contribution in [-0.4, -0.2) is 32.1 Å². The highest BCUT2D eigenvalue weighted by Gasteiger charge is 2.22. The maximum atomic E-state index is 12.6. The number of anilines is 1. The van der Waals surface area contributed by atoms with Crippen LogP contribution in [0.25, 0.3) is 22.3 Å². The molecule has 1 aliphatic heterocycles. The van der Waals surface area contributed by atoms with Crippen LogP contribution in [0.1, 0.15) is 169 Å². The fourth-order valence-electron chi connectivity index (χ4n) is 7.47. The van der Waals surface area contributed by atoms with E-state index in [0.717, 1.165) is 118 Å². The molecule has 0 bridgehead atoms. The zero-order valence-corrected chi connectivity index (χ0v) is 34.9. The number of carboxylic acids is 1. The quantitative estimate of drug-likeness (QED) is 0.0309. The summed E-state index contributed by atoms with van der Waals surface area (Å²) in [6, 6.07) is 13.2. The molecule has 2 aliphatic rings. The minimum absolute atomic E-state index is 0.413. The van der Waals surface area contributed by atoms with Crippen LogP contribution in [0.2, 0.25) is 0 Å². The fraction of sp³-hybridized carbons (Fsp3) is 0.667. The van der Waals surface area contributed by atoms with Crippen molar-refractivity contribution in [2.75, 3.05) is 31.1 Å². The van der Waals surface area contributed by atoms with Crippen molar-refractivity contribution in [2.24, 2.45) is 11.8 Å². The predicted molar refractivity (Wildman–Crippen MR) is 227 cm³/mol. The molecule has 1 unspecified atom stereocenters. The Labute approximate surface area is 324 Å². The lowest BCUT2D eigenvalue weighted by Gasteiger charge is -2.26. The van der Waals surface area contributed by atoms with Crippen LogP contribution < -0.4 is 19.9 Å². The molecule has 1 aromatic rings. The van der Waals surface area contributed by atoms with E-state index >= 15 is 0 Å². The Morgan fingerprint density at radius 2 is 1.38 bits per heavy atom. The number of unbranched alkanes of at least 4 members (excludes halogenated alkanes) is 12. The number of rotatable bonds is 29. The molecule has 1 heterocycles. The maximum Gasteiger partial charge on any atom is 0.203 e. The number of hydrogen-bond donors (Lipinski definition) is 0. The molecule has 0 fully saturated rings. The van der Waals surface area contributed by atoms with Gasteiger partial charge in [0.2, 0.25) is 5.36 Å². The van der Waals surface area contributed by atoms with Crippen molar-refractivity contribution in [3.8, 4) is 11.3 Å². The summed E-state index contributed by atoms with van der Waals surface area (Å²) in [4.78, 5) is 15.1. The molecule has 5 heteroatoms. The third kappa shape index (κ3) is 15.7. The van der Waals surface area contributed by atoms with E-state index in [1.807, 2.05) is 0 Å². The van der Waals surface area contributed by atoms with Crippen LogP contribution in [0.5, 0.6) is 0 Å². The Bertz CT molecular complexity index is 1500. The Morgan fingerprint density at radius 1 is 0.755 bits per heavy atom. The van der Waals surface area contributed by atoms with Crippen LogP contribution in [0, 0.1) is 11.8 Å². The van der Waals surface area contributed by atoms with Crippen LogP contribution in [-0.2, 0) is 11.2 Å². The van der Waals surface area contributed by atoms with E-state index in [0.29, 0.717) is 12.8 Å². The van der Waals surface area contributed by atoms with Gasteiger partial charge in [-0.2, -0.15) is 0 Å². The Balaban J connectivity index is 1.85. The Hall–Kier alpha value is -3.08. The van der Waals surface area contributed by atoms with Crippen molar-refractivity contribution in [1.29, 1.82) is 0 Å². The molecule has 0 spiro atoms. The molecular formula is C48H76N2O3. The van der Waals surface area contributed by atoms with E-state index in [1.165, 1.54) is 68.8 Å². The lowest BCUT2D eigenvalue weighted by atomic mass is 9.89. The highest BCUT2D eigenvalue weighted by Crippen LogP contribution is 2.36. The molecule has 3 rings (SSSR count). The molecular weight excluding hydrogens is 653 g/mol. The summed E-state index contributed by atoms with van der Waals surface area (Å²) in [5, 5.41) is 14.8. The van der Waals surface area contributed by atoms with Crippen molar-refractivity contribution in [3.05, 3.63) is 59.5 Å². The summed E-state index contributed by atoms with van der Waals surface area (Å²) in [5.74, 6) is 0.0714. The van der Waals surface area contributed by atoms with Gasteiger partial charge in [0, 0.05) is 66.6 Å². The van der Waals surface area contributed by atoms with E-state index in [-0.39, 0.29) is 0 Å². The molecule has 0 N–H and O–H groups in total. The zero-order valence-electron chi connectivity index (χ0n) is 34.9. The highest BCUT2D eigenvalue weighted by molar-refractivity contribution is 5.90. The summed E-state index contributed by atoms with van der Waals surface area (Å²) < 4.78 is 9.27. The SMILES string of the molecule is CCCCN(CCCC)c1ccc2c(CC(C/C=C/CCCCCCCCCCC(C)C)C(=O)[O-])c3ccc(=[N+](CCCC)CCCC)cc-3oc2c1. The summed E-state index contributed by atoms with van der Waals surface area (Å²) >= 11 is 0. The van der Waals surface area contributed by atoms with Gasteiger partial charge in [0.15, 0.2) is 0 Å². The van der Waals surface area contributed by atoms with Crippen molar-refractivity contribution < 1.29 is 14.3 Å². The number of carbonyl (C=O) groups is 1. The van der Waals surface area contributed by atoms with Gasteiger partial charge in [-0.05, 0) is 68.2 Å². The van der Waals surface area contributed by atoms with Gasteiger partial charge in [0.25, 0.3) is 0 Å². The Kier molecular flexibility index (Phi) is 21.6. The molecule has 0 aromatic heterocycles. The molecule has 5 nitrogen and oxygen atoms in total. The van der Waals surface area contributed by atoms with Gasteiger partial charge in [-0.3, -0.25) is 0 Å². The summed E-state index contributed by atoms with van der Waals surface area (Å²) in [5.41, 5.74) is 4.06. The monoisotopic (exact) mass is 729 g/mol. The summed E-state index contributed by atoms with van der Waals surface area (Å²) in [6.07, 6.45) is 27.3. The lowest BCUT2D eigenvalue weighted by molar-refractivity contribution is -0.311. The van der Waals surface area contributed by atoms with Crippen LogP contribution >= 0.6 is 0 Å². The van der Waals surface area contributed by atoms with Crippen molar-refractivity contribution >= 4 is 22.6 Å². The number of carboxylic acid groups (broad SMARTS) is 1. The van der Waals surface area contributed by atoms with Crippen LogP contribution in [0.3, 0.4) is 0 Å². The largest absolute Gasteiger partial charge is 0.550 e. The minimum atomic E-state index is -0.978. The minimum Gasteiger partial charge on any atom is -0.550 e. The van der Waals surface area contributed by atoms with E-state index < -0.39 is 11.9 Å². The van der Waals surface area contributed by atoms with Gasteiger partial charge in [-0.25, -0.2) is 4.58 Å². The number of nitrogens with zero attached hydrogens (tertiary/aromatic N) is 2. The first-order chi connectivity index (χ1) is 25.8. The number of aliphatic carboxylic acids is 1. The second kappa shape index (κ2) is 25.9. The van der Waals surface area contributed by atoms with E-state index in [4.69, 9.17) is 4.42 Å². The number of benzene rings is 2. The first-order valence-corrected chi connectivity index (χ1v) is 22.0. The second-order valence-electron chi connectivity index (χ2n) is 16.1.